The lowest BCUT2D eigenvalue weighted by Gasteiger charge is -2.34. The van der Waals surface area contributed by atoms with Crippen molar-refractivity contribution in [1.29, 1.82) is 0 Å². The van der Waals surface area contributed by atoms with Crippen LogP contribution in [0.15, 0.2) is 35.8 Å². The highest BCUT2D eigenvalue weighted by atomic mass is 32.1. The molecule has 20 heavy (non-hydrogen) atoms. The Morgan fingerprint density at radius 1 is 1.40 bits per heavy atom. The normalized spacial score (nSPS) is 18.4. The summed E-state index contributed by atoms with van der Waals surface area (Å²) >= 11 is 1.66. The number of fused-ring (bicyclic) bond motifs is 2. The van der Waals surface area contributed by atoms with Gasteiger partial charge in [-0.3, -0.25) is 4.79 Å². The number of thiophene rings is 1. The molecule has 1 N–H and O–H groups in total. The van der Waals surface area contributed by atoms with Crippen molar-refractivity contribution in [2.24, 2.45) is 0 Å². The van der Waals surface area contributed by atoms with Crippen molar-refractivity contribution >= 4 is 27.5 Å². The second kappa shape index (κ2) is 4.24. The van der Waals surface area contributed by atoms with E-state index in [-0.39, 0.29) is 11.9 Å². The molecule has 102 valence electrons. The zero-order valence-electron chi connectivity index (χ0n) is 11.2. The molecular formula is C15H15N3OS. The number of H-pyrrole nitrogens is 1. The van der Waals surface area contributed by atoms with Crippen LogP contribution in [0.1, 0.15) is 29.1 Å². The first kappa shape index (κ1) is 11.8. The van der Waals surface area contributed by atoms with E-state index in [9.17, 15) is 4.79 Å². The van der Waals surface area contributed by atoms with Crippen LogP contribution in [0.3, 0.4) is 0 Å². The first-order valence-corrected chi connectivity index (χ1v) is 7.64. The van der Waals surface area contributed by atoms with Gasteiger partial charge in [-0.25, -0.2) is 0 Å². The molecule has 0 spiro atoms. The lowest BCUT2D eigenvalue weighted by atomic mass is 10.1. The second-order valence-corrected chi connectivity index (χ2v) is 6.13. The third-order valence-electron chi connectivity index (χ3n) is 4.07. The van der Waals surface area contributed by atoms with Crippen LogP contribution in [0.4, 0.5) is 0 Å². The highest BCUT2D eigenvalue weighted by Crippen LogP contribution is 2.28. The summed E-state index contributed by atoms with van der Waals surface area (Å²) in [6, 6.07) is 8.24. The standard InChI is InChI=1S/C15H15N3OS/c1-10-13-3-2-5-17(13)6-7-18(10)15(19)12-9-14-11(16-12)4-8-20-14/h2-5,8-10,16H,6-7H2,1H3/t10-/m0/s1. The molecule has 1 aliphatic rings. The maximum atomic E-state index is 12.7. The Morgan fingerprint density at radius 3 is 3.15 bits per heavy atom. The quantitative estimate of drug-likeness (QED) is 0.732. The van der Waals surface area contributed by atoms with Gasteiger partial charge in [0.05, 0.1) is 16.3 Å². The largest absolute Gasteiger partial charge is 0.350 e. The number of nitrogens with one attached hydrogen (secondary N) is 1. The molecule has 4 heterocycles. The fourth-order valence-electron chi connectivity index (χ4n) is 2.97. The summed E-state index contributed by atoms with van der Waals surface area (Å²) in [5.41, 5.74) is 2.95. The number of carbonyl (C=O) groups is 1. The zero-order valence-corrected chi connectivity index (χ0v) is 12.0. The summed E-state index contributed by atoms with van der Waals surface area (Å²) in [7, 11) is 0. The third kappa shape index (κ3) is 1.63. The van der Waals surface area contributed by atoms with E-state index in [0.717, 1.165) is 23.3 Å². The summed E-state index contributed by atoms with van der Waals surface area (Å²) in [5, 5.41) is 2.03. The third-order valence-corrected chi connectivity index (χ3v) is 4.94. The monoisotopic (exact) mass is 285 g/mol. The molecule has 0 saturated heterocycles. The second-order valence-electron chi connectivity index (χ2n) is 5.18. The van der Waals surface area contributed by atoms with Gasteiger partial charge >= 0.3 is 0 Å². The number of amides is 1. The van der Waals surface area contributed by atoms with Crippen molar-refractivity contribution < 1.29 is 4.79 Å². The summed E-state index contributed by atoms with van der Waals surface area (Å²) in [5.74, 6) is 0.0911. The molecule has 3 aromatic heterocycles. The van der Waals surface area contributed by atoms with Crippen LogP contribution in [-0.4, -0.2) is 26.9 Å². The minimum absolute atomic E-state index is 0.0911. The Kier molecular flexibility index (Phi) is 2.50. The molecule has 0 aliphatic carbocycles. The number of aromatic amines is 1. The molecule has 0 radical (unpaired) electrons. The van der Waals surface area contributed by atoms with E-state index in [4.69, 9.17) is 0 Å². The number of rotatable bonds is 1. The van der Waals surface area contributed by atoms with Gasteiger partial charge in [0, 0.05) is 25.0 Å². The predicted octanol–water partition coefficient (Wildman–Crippen LogP) is 3.25. The Labute approximate surface area is 120 Å². The van der Waals surface area contributed by atoms with Crippen LogP contribution in [0.25, 0.3) is 10.2 Å². The van der Waals surface area contributed by atoms with E-state index in [1.54, 1.807) is 11.3 Å². The molecule has 0 fully saturated rings. The van der Waals surface area contributed by atoms with Crippen molar-refractivity contribution in [3.63, 3.8) is 0 Å². The molecule has 5 heteroatoms. The van der Waals surface area contributed by atoms with Gasteiger partial charge in [-0.1, -0.05) is 0 Å². The molecule has 1 amide bonds. The Bertz CT molecular complexity index is 753. The number of hydrogen-bond donors (Lipinski definition) is 1. The van der Waals surface area contributed by atoms with Gasteiger partial charge in [0.15, 0.2) is 0 Å². The summed E-state index contributed by atoms with van der Waals surface area (Å²) in [6.45, 7) is 3.72. The fraction of sp³-hybridized carbons (Fsp3) is 0.267. The zero-order chi connectivity index (χ0) is 13.7. The van der Waals surface area contributed by atoms with E-state index in [0.29, 0.717) is 5.69 Å². The molecule has 0 saturated carbocycles. The lowest BCUT2D eigenvalue weighted by Crippen LogP contribution is -2.40. The molecule has 1 atom stereocenters. The molecule has 4 rings (SSSR count). The van der Waals surface area contributed by atoms with Gasteiger partial charge in [0.2, 0.25) is 0 Å². The number of hydrogen-bond acceptors (Lipinski definition) is 2. The number of carbonyl (C=O) groups excluding carboxylic acids is 1. The van der Waals surface area contributed by atoms with E-state index in [1.807, 2.05) is 28.5 Å². The molecule has 0 bridgehead atoms. The Balaban J connectivity index is 1.67. The Morgan fingerprint density at radius 2 is 2.30 bits per heavy atom. The van der Waals surface area contributed by atoms with Crippen LogP contribution in [-0.2, 0) is 6.54 Å². The first-order valence-electron chi connectivity index (χ1n) is 6.76. The van der Waals surface area contributed by atoms with Crippen molar-refractivity contribution in [1.82, 2.24) is 14.5 Å². The molecule has 0 unspecified atom stereocenters. The van der Waals surface area contributed by atoms with Crippen LogP contribution in [0.5, 0.6) is 0 Å². The highest BCUT2D eigenvalue weighted by Gasteiger charge is 2.28. The summed E-state index contributed by atoms with van der Waals surface area (Å²) in [6.07, 6.45) is 2.08. The highest BCUT2D eigenvalue weighted by molar-refractivity contribution is 7.17. The van der Waals surface area contributed by atoms with Gasteiger partial charge in [-0.15, -0.1) is 11.3 Å². The van der Waals surface area contributed by atoms with E-state index >= 15 is 0 Å². The molecule has 3 aromatic rings. The van der Waals surface area contributed by atoms with Crippen LogP contribution >= 0.6 is 11.3 Å². The van der Waals surface area contributed by atoms with Gasteiger partial charge in [-0.05, 0) is 36.6 Å². The summed E-state index contributed by atoms with van der Waals surface area (Å²) < 4.78 is 3.36. The maximum Gasteiger partial charge on any atom is 0.270 e. The molecule has 4 nitrogen and oxygen atoms in total. The van der Waals surface area contributed by atoms with Crippen LogP contribution < -0.4 is 0 Å². The average Bonchev–Trinajstić information content (AvgIpc) is 3.13. The van der Waals surface area contributed by atoms with E-state index < -0.39 is 0 Å². The SMILES string of the molecule is C[C@H]1c2cccn2CCN1C(=O)c1cc2sccc2[nH]1. The fourth-order valence-corrected chi connectivity index (χ4v) is 3.76. The van der Waals surface area contributed by atoms with Gasteiger partial charge in [-0.2, -0.15) is 0 Å². The van der Waals surface area contributed by atoms with Crippen molar-refractivity contribution in [3.05, 3.63) is 47.2 Å². The smallest absolute Gasteiger partial charge is 0.270 e. The topological polar surface area (TPSA) is 41.0 Å². The van der Waals surface area contributed by atoms with Gasteiger partial charge < -0.3 is 14.5 Å². The predicted molar refractivity (Wildman–Crippen MR) is 80.1 cm³/mol. The van der Waals surface area contributed by atoms with Gasteiger partial charge in [0.1, 0.15) is 5.69 Å². The van der Waals surface area contributed by atoms with Crippen molar-refractivity contribution in [2.45, 2.75) is 19.5 Å². The van der Waals surface area contributed by atoms with E-state index in [1.165, 1.54) is 5.69 Å². The first-order chi connectivity index (χ1) is 9.74. The van der Waals surface area contributed by atoms with Crippen LogP contribution in [0.2, 0.25) is 0 Å². The molecule has 1 aliphatic heterocycles. The lowest BCUT2D eigenvalue weighted by molar-refractivity contribution is 0.0639. The maximum absolute atomic E-state index is 12.7. The molecular weight excluding hydrogens is 270 g/mol. The van der Waals surface area contributed by atoms with Crippen molar-refractivity contribution in [2.75, 3.05) is 6.54 Å². The number of nitrogens with zero attached hydrogens (tertiary/aromatic N) is 2. The minimum Gasteiger partial charge on any atom is -0.350 e. The minimum atomic E-state index is 0.0911. The average molecular weight is 285 g/mol. The number of aromatic nitrogens is 2. The van der Waals surface area contributed by atoms with E-state index in [2.05, 4.69) is 28.7 Å². The van der Waals surface area contributed by atoms with Gasteiger partial charge in [0.25, 0.3) is 5.91 Å². The summed E-state index contributed by atoms with van der Waals surface area (Å²) in [4.78, 5) is 17.9. The van der Waals surface area contributed by atoms with Crippen molar-refractivity contribution in [3.8, 4) is 0 Å². The Hall–Kier alpha value is -2.01. The van der Waals surface area contributed by atoms with Crippen LogP contribution in [0, 0.1) is 0 Å². The molecule has 0 aromatic carbocycles.